The Morgan fingerprint density at radius 2 is 2.11 bits per heavy atom. The van der Waals surface area contributed by atoms with Crippen LogP contribution in [0.1, 0.15) is 37.6 Å². The van der Waals surface area contributed by atoms with Crippen molar-refractivity contribution in [2.24, 2.45) is 0 Å². The lowest BCUT2D eigenvalue weighted by atomic mass is 9.99. The Hall–Kier alpha value is -1.55. The number of nitrogens with one attached hydrogen (secondary N) is 2. The summed E-state index contributed by atoms with van der Waals surface area (Å²) in [7, 11) is 3.35. The lowest BCUT2D eigenvalue weighted by molar-refractivity contribution is 0.0128. The van der Waals surface area contributed by atoms with E-state index < -0.39 is 0 Å². The lowest BCUT2D eigenvalue weighted by Gasteiger charge is -2.27. The Bertz CT molecular complexity index is 430. The van der Waals surface area contributed by atoms with E-state index in [1.807, 2.05) is 18.2 Å². The second-order valence-electron chi connectivity index (χ2n) is 5.37. The van der Waals surface area contributed by atoms with Crippen LogP contribution in [0, 0.1) is 0 Å². The van der Waals surface area contributed by atoms with E-state index in [2.05, 4.69) is 31.4 Å². The quantitative estimate of drug-likeness (QED) is 0.830. The Labute approximate surface area is 115 Å². The first kappa shape index (κ1) is 15.5. The van der Waals surface area contributed by atoms with Crippen LogP contribution in [0.4, 0.5) is 5.69 Å². The van der Waals surface area contributed by atoms with Crippen LogP contribution in [-0.4, -0.2) is 31.7 Å². The molecule has 4 heteroatoms. The Balaban J connectivity index is 2.69. The minimum absolute atomic E-state index is 0.0754. The molecular formula is C15H24N2O2. The summed E-state index contributed by atoms with van der Waals surface area (Å²) in [4.78, 5) is 11.6. The monoisotopic (exact) mass is 264 g/mol. The van der Waals surface area contributed by atoms with Gasteiger partial charge in [-0.1, -0.05) is 6.07 Å². The fraction of sp³-hybridized carbons (Fsp3) is 0.533. The largest absolute Gasteiger partial charge is 0.382 e. The first-order chi connectivity index (χ1) is 8.88. The van der Waals surface area contributed by atoms with Gasteiger partial charge >= 0.3 is 0 Å². The zero-order valence-corrected chi connectivity index (χ0v) is 12.4. The summed E-state index contributed by atoms with van der Waals surface area (Å²) in [5.74, 6) is -0.0754. The van der Waals surface area contributed by atoms with Gasteiger partial charge in [-0.05, 0) is 45.4 Å². The van der Waals surface area contributed by atoms with Crippen molar-refractivity contribution >= 4 is 11.6 Å². The van der Waals surface area contributed by atoms with Gasteiger partial charge in [0.2, 0.25) is 0 Å². The zero-order chi connectivity index (χ0) is 14.5. The van der Waals surface area contributed by atoms with Crippen LogP contribution in [0.5, 0.6) is 0 Å². The SMILES string of the molecule is CNC(=O)c1cccc(NC(C)CC(C)(C)OC)c1. The number of methoxy groups -OCH3 is 1. The molecule has 4 nitrogen and oxygen atoms in total. The van der Waals surface area contributed by atoms with Gasteiger partial charge in [-0.3, -0.25) is 4.79 Å². The van der Waals surface area contributed by atoms with E-state index in [9.17, 15) is 4.79 Å². The number of hydrogen-bond acceptors (Lipinski definition) is 3. The molecule has 0 heterocycles. The molecule has 0 saturated carbocycles. The standard InChI is InChI=1S/C15H24N2O2/c1-11(10-15(2,3)19-5)17-13-8-6-7-12(9-13)14(18)16-4/h6-9,11,17H,10H2,1-5H3,(H,16,18). The molecule has 0 aliphatic carbocycles. The van der Waals surface area contributed by atoms with Gasteiger partial charge in [0, 0.05) is 31.5 Å². The Morgan fingerprint density at radius 1 is 1.42 bits per heavy atom. The topological polar surface area (TPSA) is 50.4 Å². The van der Waals surface area contributed by atoms with Gasteiger partial charge in [0.25, 0.3) is 5.91 Å². The third-order valence-electron chi connectivity index (χ3n) is 3.12. The summed E-state index contributed by atoms with van der Waals surface area (Å²) in [6.07, 6.45) is 0.883. The van der Waals surface area contributed by atoms with Gasteiger partial charge in [0.15, 0.2) is 0 Å². The number of rotatable bonds is 6. The van der Waals surface area contributed by atoms with Gasteiger partial charge in [0.05, 0.1) is 5.60 Å². The predicted octanol–water partition coefficient (Wildman–Crippen LogP) is 2.66. The number of carbonyl (C=O) groups is 1. The van der Waals surface area contributed by atoms with Gasteiger partial charge in [-0.25, -0.2) is 0 Å². The van der Waals surface area contributed by atoms with Crippen molar-refractivity contribution in [3.8, 4) is 0 Å². The lowest BCUT2D eigenvalue weighted by Crippen LogP contribution is -2.31. The summed E-state index contributed by atoms with van der Waals surface area (Å²) in [6, 6.07) is 7.75. The molecule has 1 unspecified atom stereocenters. The molecule has 0 aliphatic heterocycles. The molecular weight excluding hydrogens is 240 g/mol. The minimum Gasteiger partial charge on any atom is -0.382 e. The third kappa shape index (κ3) is 4.91. The molecule has 1 amide bonds. The molecule has 1 atom stereocenters. The molecule has 0 spiro atoms. The molecule has 0 fully saturated rings. The van der Waals surface area contributed by atoms with Crippen molar-refractivity contribution in [1.82, 2.24) is 5.32 Å². The van der Waals surface area contributed by atoms with Gasteiger partial charge in [-0.15, -0.1) is 0 Å². The Morgan fingerprint density at radius 3 is 2.68 bits per heavy atom. The number of amides is 1. The highest BCUT2D eigenvalue weighted by molar-refractivity contribution is 5.94. The highest BCUT2D eigenvalue weighted by Crippen LogP contribution is 2.19. The van der Waals surface area contributed by atoms with Crippen LogP contribution in [-0.2, 0) is 4.74 Å². The molecule has 1 aromatic carbocycles. The molecule has 1 rings (SSSR count). The van der Waals surface area contributed by atoms with E-state index in [4.69, 9.17) is 4.74 Å². The summed E-state index contributed by atoms with van der Waals surface area (Å²) >= 11 is 0. The molecule has 0 radical (unpaired) electrons. The van der Waals surface area contributed by atoms with Crippen LogP contribution >= 0.6 is 0 Å². The highest BCUT2D eigenvalue weighted by atomic mass is 16.5. The zero-order valence-electron chi connectivity index (χ0n) is 12.4. The summed E-state index contributed by atoms with van der Waals surface area (Å²) in [6.45, 7) is 6.23. The molecule has 0 saturated heterocycles. The van der Waals surface area contributed by atoms with Crippen LogP contribution in [0.3, 0.4) is 0 Å². The van der Waals surface area contributed by atoms with Crippen LogP contribution < -0.4 is 10.6 Å². The van der Waals surface area contributed by atoms with Gasteiger partial charge < -0.3 is 15.4 Å². The van der Waals surface area contributed by atoms with Crippen molar-refractivity contribution in [3.63, 3.8) is 0 Å². The van der Waals surface area contributed by atoms with E-state index >= 15 is 0 Å². The fourth-order valence-corrected chi connectivity index (χ4v) is 2.05. The number of benzene rings is 1. The highest BCUT2D eigenvalue weighted by Gasteiger charge is 2.20. The number of anilines is 1. The van der Waals surface area contributed by atoms with Crippen LogP contribution in [0.2, 0.25) is 0 Å². The first-order valence-electron chi connectivity index (χ1n) is 6.52. The Kier molecular flexibility index (Phi) is 5.36. The number of carbonyl (C=O) groups excluding carboxylic acids is 1. The van der Waals surface area contributed by atoms with E-state index in [-0.39, 0.29) is 17.6 Å². The molecule has 1 aromatic rings. The molecule has 106 valence electrons. The van der Waals surface area contributed by atoms with Crippen molar-refractivity contribution in [2.45, 2.75) is 38.8 Å². The normalized spacial score (nSPS) is 12.9. The second kappa shape index (κ2) is 6.57. The number of hydrogen-bond donors (Lipinski definition) is 2. The number of ether oxygens (including phenoxy) is 1. The molecule has 19 heavy (non-hydrogen) atoms. The summed E-state index contributed by atoms with van der Waals surface area (Å²) in [5.41, 5.74) is 1.44. The molecule has 0 bridgehead atoms. The maximum absolute atomic E-state index is 11.6. The smallest absolute Gasteiger partial charge is 0.251 e. The van der Waals surface area contributed by atoms with Crippen LogP contribution in [0.15, 0.2) is 24.3 Å². The molecule has 0 aliphatic rings. The van der Waals surface area contributed by atoms with Crippen molar-refractivity contribution in [3.05, 3.63) is 29.8 Å². The van der Waals surface area contributed by atoms with E-state index in [0.717, 1.165) is 12.1 Å². The maximum Gasteiger partial charge on any atom is 0.251 e. The van der Waals surface area contributed by atoms with Crippen LogP contribution in [0.25, 0.3) is 0 Å². The summed E-state index contributed by atoms with van der Waals surface area (Å²) < 4.78 is 5.42. The minimum atomic E-state index is -0.162. The maximum atomic E-state index is 11.6. The average Bonchev–Trinajstić information content (AvgIpc) is 2.37. The second-order valence-corrected chi connectivity index (χ2v) is 5.37. The van der Waals surface area contributed by atoms with Gasteiger partial charge in [-0.2, -0.15) is 0 Å². The van der Waals surface area contributed by atoms with Crippen molar-refractivity contribution in [2.75, 3.05) is 19.5 Å². The van der Waals surface area contributed by atoms with E-state index in [0.29, 0.717) is 5.56 Å². The first-order valence-corrected chi connectivity index (χ1v) is 6.52. The van der Waals surface area contributed by atoms with Gasteiger partial charge in [0.1, 0.15) is 0 Å². The summed E-state index contributed by atoms with van der Waals surface area (Å²) in [5, 5.41) is 6.01. The van der Waals surface area contributed by atoms with E-state index in [1.165, 1.54) is 0 Å². The van der Waals surface area contributed by atoms with E-state index in [1.54, 1.807) is 20.2 Å². The molecule has 2 N–H and O–H groups in total. The molecule has 0 aromatic heterocycles. The van der Waals surface area contributed by atoms with Crippen molar-refractivity contribution in [1.29, 1.82) is 0 Å². The third-order valence-corrected chi connectivity index (χ3v) is 3.12. The average molecular weight is 264 g/mol. The fourth-order valence-electron chi connectivity index (χ4n) is 2.05. The predicted molar refractivity (Wildman–Crippen MR) is 78.6 cm³/mol. The van der Waals surface area contributed by atoms with Crippen molar-refractivity contribution < 1.29 is 9.53 Å².